The first-order valence-electron chi connectivity index (χ1n) is 7.75. The first-order chi connectivity index (χ1) is 11.7. The van der Waals surface area contributed by atoms with Gasteiger partial charge < -0.3 is 14.0 Å². The molecular weight excluding hydrogens is 322 g/mol. The Kier molecular flexibility index (Phi) is 3.82. The molecule has 0 spiro atoms. The number of hydrogen-bond donors (Lipinski definition) is 0. The summed E-state index contributed by atoms with van der Waals surface area (Å²) in [7, 11) is 2.01. The van der Waals surface area contributed by atoms with Crippen LogP contribution in [0.5, 0.6) is 11.5 Å². The molecule has 1 aliphatic rings. The number of rotatable bonds is 2. The molecule has 0 atom stereocenters. The second-order valence-electron chi connectivity index (χ2n) is 5.56. The van der Waals surface area contributed by atoms with Crippen molar-refractivity contribution in [3.8, 4) is 11.5 Å². The molecule has 24 heavy (non-hydrogen) atoms. The van der Waals surface area contributed by atoms with Crippen molar-refractivity contribution in [2.24, 2.45) is 17.3 Å². The molecule has 6 heteroatoms. The van der Waals surface area contributed by atoms with Crippen molar-refractivity contribution >= 4 is 27.3 Å². The van der Waals surface area contributed by atoms with Gasteiger partial charge in [0.25, 0.3) is 0 Å². The van der Waals surface area contributed by atoms with Gasteiger partial charge in [0.05, 0.1) is 15.9 Å². The maximum absolute atomic E-state index is 5.62. The fourth-order valence-corrected chi connectivity index (χ4v) is 3.59. The molecule has 1 aromatic heterocycles. The average Bonchev–Trinajstić information content (AvgIpc) is 2.95. The first-order valence-corrected chi connectivity index (χ1v) is 8.57. The van der Waals surface area contributed by atoms with E-state index in [4.69, 9.17) is 9.47 Å². The minimum absolute atomic E-state index is 0.578. The van der Waals surface area contributed by atoms with Gasteiger partial charge in [0.15, 0.2) is 11.5 Å². The molecule has 0 aliphatic carbocycles. The molecule has 1 aliphatic heterocycles. The number of thiazole rings is 1. The molecule has 4 rings (SSSR count). The van der Waals surface area contributed by atoms with Crippen molar-refractivity contribution in [1.29, 1.82) is 0 Å². The molecule has 0 bridgehead atoms. The molecule has 2 aromatic carbocycles. The molecule has 122 valence electrons. The van der Waals surface area contributed by atoms with Gasteiger partial charge >= 0.3 is 0 Å². The lowest BCUT2D eigenvalue weighted by Crippen LogP contribution is -2.15. The van der Waals surface area contributed by atoms with Crippen molar-refractivity contribution < 1.29 is 9.47 Å². The molecule has 0 saturated carbocycles. The van der Waals surface area contributed by atoms with E-state index in [1.165, 1.54) is 4.70 Å². The largest absolute Gasteiger partial charge is 0.486 e. The van der Waals surface area contributed by atoms with Crippen LogP contribution in [0.2, 0.25) is 0 Å². The van der Waals surface area contributed by atoms with E-state index < -0.39 is 0 Å². The molecule has 0 amide bonds. The van der Waals surface area contributed by atoms with Crippen molar-refractivity contribution in [2.45, 2.75) is 6.92 Å². The number of aryl methyl sites for hydroxylation is 1. The van der Waals surface area contributed by atoms with Crippen LogP contribution in [-0.2, 0) is 7.05 Å². The maximum Gasteiger partial charge on any atom is 0.211 e. The third kappa shape index (κ3) is 2.69. The maximum atomic E-state index is 5.62. The van der Waals surface area contributed by atoms with Crippen LogP contribution in [0.25, 0.3) is 10.2 Å². The van der Waals surface area contributed by atoms with Gasteiger partial charge in [-0.3, -0.25) is 0 Å². The summed E-state index contributed by atoms with van der Waals surface area (Å²) >= 11 is 1.63. The molecule has 0 N–H and O–H groups in total. The Morgan fingerprint density at radius 3 is 2.71 bits per heavy atom. The zero-order chi connectivity index (χ0) is 16.5. The minimum atomic E-state index is 0.578. The van der Waals surface area contributed by atoms with Crippen molar-refractivity contribution in [3.63, 3.8) is 0 Å². The van der Waals surface area contributed by atoms with Gasteiger partial charge in [0.1, 0.15) is 13.2 Å². The predicted molar refractivity (Wildman–Crippen MR) is 96.0 cm³/mol. The predicted octanol–water partition coefficient (Wildman–Crippen LogP) is 3.34. The second-order valence-corrected chi connectivity index (χ2v) is 6.56. The van der Waals surface area contributed by atoms with Crippen LogP contribution in [-0.4, -0.2) is 23.5 Å². The third-order valence-electron chi connectivity index (χ3n) is 3.96. The van der Waals surface area contributed by atoms with Crippen LogP contribution in [0, 0.1) is 0 Å². The van der Waals surface area contributed by atoms with E-state index in [0.717, 1.165) is 33.1 Å². The SMILES string of the molecule is C/C(=N\N=c1\sc2ccccc2n1C)c1ccc2c(c1)OCCO2. The summed E-state index contributed by atoms with van der Waals surface area (Å²) in [6.45, 7) is 3.12. The molecule has 3 aromatic rings. The van der Waals surface area contributed by atoms with E-state index >= 15 is 0 Å². The van der Waals surface area contributed by atoms with Crippen LogP contribution in [0.4, 0.5) is 0 Å². The molecule has 0 fully saturated rings. The van der Waals surface area contributed by atoms with E-state index in [1.54, 1.807) is 11.3 Å². The quantitative estimate of drug-likeness (QED) is 0.531. The Bertz CT molecular complexity index is 1000. The lowest BCUT2D eigenvalue weighted by molar-refractivity contribution is 0.171. The molecule has 0 saturated heterocycles. The number of aromatic nitrogens is 1. The van der Waals surface area contributed by atoms with E-state index in [2.05, 4.69) is 26.9 Å². The summed E-state index contributed by atoms with van der Waals surface area (Å²) < 4.78 is 14.4. The van der Waals surface area contributed by atoms with E-state index in [0.29, 0.717) is 13.2 Å². The van der Waals surface area contributed by atoms with Crippen LogP contribution in [0.3, 0.4) is 0 Å². The lowest BCUT2D eigenvalue weighted by atomic mass is 10.1. The van der Waals surface area contributed by atoms with Gasteiger partial charge in [-0.1, -0.05) is 23.5 Å². The van der Waals surface area contributed by atoms with Gasteiger partial charge in [-0.05, 0) is 37.3 Å². The topological polar surface area (TPSA) is 48.1 Å². The molecule has 5 nitrogen and oxygen atoms in total. The number of fused-ring (bicyclic) bond motifs is 2. The van der Waals surface area contributed by atoms with E-state index in [-0.39, 0.29) is 0 Å². The highest BCUT2D eigenvalue weighted by Crippen LogP contribution is 2.30. The van der Waals surface area contributed by atoms with Gasteiger partial charge in [-0.15, -0.1) is 5.10 Å². The summed E-state index contributed by atoms with van der Waals surface area (Å²) in [6, 6.07) is 14.1. The lowest BCUT2D eigenvalue weighted by Gasteiger charge is -2.18. The summed E-state index contributed by atoms with van der Waals surface area (Å²) in [6.07, 6.45) is 0. The second kappa shape index (κ2) is 6.13. The molecule has 0 unspecified atom stereocenters. The standard InChI is InChI=1S/C18H17N3O2S/c1-12(13-7-8-15-16(11-13)23-10-9-22-15)19-20-18-21(2)14-5-3-4-6-17(14)24-18/h3-8,11H,9-10H2,1-2H3/b19-12+,20-18+. The molecule has 2 heterocycles. The Morgan fingerprint density at radius 1 is 1.08 bits per heavy atom. The van der Waals surface area contributed by atoms with Crippen LogP contribution in [0.1, 0.15) is 12.5 Å². The van der Waals surface area contributed by atoms with Crippen molar-refractivity contribution in [1.82, 2.24) is 4.57 Å². The monoisotopic (exact) mass is 339 g/mol. The van der Waals surface area contributed by atoms with Crippen molar-refractivity contribution in [3.05, 3.63) is 52.8 Å². The normalized spacial score (nSPS) is 15.1. The van der Waals surface area contributed by atoms with Gasteiger partial charge in [0.2, 0.25) is 4.80 Å². The first kappa shape index (κ1) is 15.0. The third-order valence-corrected chi connectivity index (χ3v) is 5.06. The number of nitrogens with zero attached hydrogens (tertiary/aromatic N) is 3. The summed E-state index contributed by atoms with van der Waals surface area (Å²) in [5, 5.41) is 8.83. The Labute approximate surface area is 143 Å². The van der Waals surface area contributed by atoms with E-state index in [1.807, 2.05) is 44.3 Å². The van der Waals surface area contributed by atoms with Crippen LogP contribution < -0.4 is 14.3 Å². The minimum Gasteiger partial charge on any atom is -0.486 e. The fourth-order valence-electron chi connectivity index (χ4n) is 2.62. The molecule has 0 radical (unpaired) electrons. The van der Waals surface area contributed by atoms with Gasteiger partial charge in [-0.25, -0.2) is 0 Å². The zero-order valence-electron chi connectivity index (χ0n) is 13.5. The average molecular weight is 339 g/mol. The van der Waals surface area contributed by atoms with Gasteiger partial charge in [-0.2, -0.15) is 5.10 Å². The highest BCUT2D eigenvalue weighted by Gasteiger charge is 2.12. The van der Waals surface area contributed by atoms with E-state index in [9.17, 15) is 0 Å². The highest BCUT2D eigenvalue weighted by atomic mass is 32.1. The smallest absolute Gasteiger partial charge is 0.211 e. The summed E-state index contributed by atoms with van der Waals surface area (Å²) in [4.78, 5) is 0.869. The fraction of sp³-hybridized carbons (Fsp3) is 0.222. The number of ether oxygens (including phenoxy) is 2. The number of hydrogen-bond acceptors (Lipinski definition) is 5. The Morgan fingerprint density at radius 2 is 1.88 bits per heavy atom. The number of benzene rings is 2. The van der Waals surface area contributed by atoms with Crippen LogP contribution >= 0.6 is 11.3 Å². The Balaban J connectivity index is 1.70. The summed E-state index contributed by atoms with van der Waals surface area (Å²) in [5.41, 5.74) is 2.98. The number of para-hydroxylation sites is 1. The summed E-state index contributed by atoms with van der Waals surface area (Å²) in [5.74, 6) is 1.55. The van der Waals surface area contributed by atoms with Gasteiger partial charge in [0, 0.05) is 12.6 Å². The van der Waals surface area contributed by atoms with Crippen LogP contribution in [0.15, 0.2) is 52.7 Å². The van der Waals surface area contributed by atoms with Crippen molar-refractivity contribution in [2.75, 3.05) is 13.2 Å². The molecular formula is C18H17N3O2S. The zero-order valence-corrected chi connectivity index (χ0v) is 14.3. The Hall–Kier alpha value is -2.60. The highest BCUT2D eigenvalue weighted by molar-refractivity contribution is 7.16.